The number of likely N-dealkylation sites (tertiary alicyclic amines) is 2. The highest BCUT2D eigenvalue weighted by atomic mass is 127. The summed E-state index contributed by atoms with van der Waals surface area (Å²) in [5, 5.41) is 0. The fourth-order valence-corrected chi connectivity index (χ4v) is 3.88. The number of rotatable bonds is 8. The van der Waals surface area contributed by atoms with Crippen molar-refractivity contribution >= 4 is 22.6 Å². The maximum absolute atomic E-state index is 5.92. The third kappa shape index (κ3) is 5.78. The monoisotopic (exact) mass is 394 g/mol. The number of ether oxygens (including phenoxy) is 1. The molecule has 118 valence electrons. The Morgan fingerprint density at radius 1 is 1.15 bits per heavy atom. The molecule has 2 rings (SSSR count). The van der Waals surface area contributed by atoms with E-state index in [1.165, 1.54) is 45.3 Å². The van der Waals surface area contributed by atoms with E-state index in [4.69, 9.17) is 4.74 Å². The summed E-state index contributed by atoms with van der Waals surface area (Å²) in [6.07, 6.45) is 5.96. The van der Waals surface area contributed by atoms with Gasteiger partial charge in [0, 0.05) is 26.2 Å². The van der Waals surface area contributed by atoms with E-state index >= 15 is 0 Å². The fraction of sp³-hybridized carbons (Fsp3) is 1.00. The smallest absolute Gasteiger partial charge is 0.0829 e. The van der Waals surface area contributed by atoms with Crippen molar-refractivity contribution in [3.05, 3.63) is 0 Å². The summed E-state index contributed by atoms with van der Waals surface area (Å²) in [5.74, 6) is 1.76. The van der Waals surface area contributed by atoms with Crippen LogP contribution in [0.15, 0.2) is 0 Å². The molecule has 2 aliphatic rings. The second-order valence-electron chi connectivity index (χ2n) is 6.93. The van der Waals surface area contributed by atoms with Crippen molar-refractivity contribution in [3.63, 3.8) is 0 Å². The third-order valence-corrected chi connectivity index (χ3v) is 5.50. The Morgan fingerprint density at radius 3 is 2.45 bits per heavy atom. The Labute approximate surface area is 138 Å². The summed E-state index contributed by atoms with van der Waals surface area (Å²) < 4.78 is 7.06. The van der Waals surface area contributed by atoms with Gasteiger partial charge in [0.2, 0.25) is 0 Å². The van der Waals surface area contributed by atoms with Gasteiger partial charge in [0.15, 0.2) is 0 Å². The Bertz CT molecular complexity index is 261. The van der Waals surface area contributed by atoms with Crippen LogP contribution in [-0.2, 0) is 4.74 Å². The highest BCUT2D eigenvalue weighted by molar-refractivity contribution is 14.1. The van der Waals surface area contributed by atoms with Gasteiger partial charge in [-0.25, -0.2) is 0 Å². The zero-order chi connectivity index (χ0) is 14.4. The van der Waals surface area contributed by atoms with Crippen molar-refractivity contribution in [2.24, 2.45) is 11.8 Å². The van der Waals surface area contributed by atoms with Crippen molar-refractivity contribution in [2.75, 3.05) is 43.9 Å². The maximum atomic E-state index is 5.92. The lowest BCUT2D eigenvalue weighted by Gasteiger charge is -2.37. The normalized spacial score (nSPS) is 23.4. The maximum Gasteiger partial charge on any atom is 0.0829 e. The van der Waals surface area contributed by atoms with Crippen LogP contribution in [0.4, 0.5) is 0 Å². The minimum Gasteiger partial charge on any atom is -0.376 e. The van der Waals surface area contributed by atoms with Crippen LogP contribution in [0.3, 0.4) is 0 Å². The van der Waals surface area contributed by atoms with Crippen molar-refractivity contribution < 1.29 is 4.74 Å². The Hall–Kier alpha value is 0.610. The molecule has 0 aromatic heterocycles. The average Bonchev–Trinajstić information content (AvgIpc) is 2.37. The number of piperidine rings is 1. The topological polar surface area (TPSA) is 15.7 Å². The van der Waals surface area contributed by atoms with Gasteiger partial charge in [0.1, 0.15) is 0 Å². The molecule has 3 nitrogen and oxygen atoms in total. The summed E-state index contributed by atoms with van der Waals surface area (Å²) in [6.45, 7) is 11.8. The van der Waals surface area contributed by atoms with Gasteiger partial charge in [-0.3, -0.25) is 4.90 Å². The molecule has 0 saturated carbocycles. The van der Waals surface area contributed by atoms with Gasteiger partial charge in [-0.1, -0.05) is 36.4 Å². The summed E-state index contributed by atoms with van der Waals surface area (Å²) in [7, 11) is 0. The summed E-state index contributed by atoms with van der Waals surface area (Å²) >= 11 is 2.42. The van der Waals surface area contributed by atoms with Gasteiger partial charge in [-0.2, -0.15) is 0 Å². The molecule has 0 aliphatic carbocycles. The number of alkyl halides is 1. The van der Waals surface area contributed by atoms with Crippen LogP contribution in [0.1, 0.15) is 39.5 Å². The highest BCUT2D eigenvalue weighted by Crippen LogP contribution is 2.23. The molecule has 0 aromatic carbocycles. The Balaban J connectivity index is 1.45. The number of hydrogen-bond acceptors (Lipinski definition) is 3. The SMILES string of the molecule is CC(C)CN1CCC(CCCOC2CN(CI)C2)CC1. The first-order valence-corrected chi connectivity index (χ1v) is 9.82. The number of halogens is 1. The van der Waals surface area contributed by atoms with Crippen molar-refractivity contribution in [1.29, 1.82) is 0 Å². The van der Waals surface area contributed by atoms with E-state index in [9.17, 15) is 0 Å². The minimum absolute atomic E-state index is 0.526. The third-order valence-electron chi connectivity index (χ3n) is 4.53. The van der Waals surface area contributed by atoms with E-state index in [2.05, 4.69) is 46.2 Å². The first kappa shape index (κ1) is 17.0. The molecule has 0 N–H and O–H groups in total. The van der Waals surface area contributed by atoms with E-state index in [-0.39, 0.29) is 0 Å². The van der Waals surface area contributed by atoms with Gasteiger partial charge in [-0.05, 0) is 50.6 Å². The standard InChI is InChI=1S/C16H31IN2O/c1-14(2)10-18-7-5-15(6-8-18)4-3-9-20-16-11-19(12-16)13-17/h14-16H,3-13H2,1-2H3. The van der Waals surface area contributed by atoms with Crippen LogP contribution >= 0.6 is 22.6 Å². The van der Waals surface area contributed by atoms with Crippen molar-refractivity contribution in [3.8, 4) is 0 Å². The molecule has 0 unspecified atom stereocenters. The summed E-state index contributed by atoms with van der Waals surface area (Å²) in [6, 6.07) is 0. The van der Waals surface area contributed by atoms with E-state index in [1.54, 1.807) is 0 Å². The van der Waals surface area contributed by atoms with Gasteiger partial charge in [0.25, 0.3) is 0 Å². The molecule has 0 radical (unpaired) electrons. The number of nitrogens with zero attached hydrogens (tertiary/aromatic N) is 2. The lowest BCUT2D eigenvalue weighted by atomic mass is 9.92. The molecule has 2 saturated heterocycles. The first-order valence-electron chi connectivity index (χ1n) is 8.29. The van der Waals surface area contributed by atoms with Crippen LogP contribution in [-0.4, -0.2) is 59.8 Å². The van der Waals surface area contributed by atoms with E-state index in [1.807, 2.05) is 0 Å². The molecular weight excluding hydrogens is 363 g/mol. The predicted octanol–water partition coefficient (Wildman–Crippen LogP) is 3.23. The lowest BCUT2D eigenvalue weighted by Crippen LogP contribution is -2.51. The van der Waals surface area contributed by atoms with E-state index in [0.717, 1.165) is 36.1 Å². The largest absolute Gasteiger partial charge is 0.376 e. The molecule has 0 amide bonds. The molecule has 2 fully saturated rings. The first-order chi connectivity index (χ1) is 9.67. The van der Waals surface area contributed by atoms with Gasteiger partial charge in [-0.15, -0.1) is 0 Å². The van der Waals surface area contributed by atoms with Crippen LogP contribution in [0.25, 0.3) is 0 Å². The molecule has 2 heterocycles. The lowest BCUT2D eigenvalue weighted by molar-refractivity contribution is -0.0466. The average molecular weight is 394 g/mol. The minimum atomic E-state index is 0.526. The van der Waals surface area contributed by atoms with Gasteiger partial charge < -0.3 is 9.64 Å². The molecule has 0 atom stereocenters. The zero-order valence-electron chi connectivity index (χ0n) is 13.2. The van der Waals surface area contributed by atoms with E-state index < -0.39 is 0 Å². The highest BCUT2D eigenvalue weighted by Gasteiger charge is 2.26. The molecular formula is C16H31IN2O. The number of hydrogen-bond donors (Lipinski definition) is 0. The van der Waals surface area contributed by atoms with E-state index in [0.29, 0.717) is 6.10 Å². The van der Waals surface area contributed by atoms with Crippen LogP contribution in [0.5, 0.6) is 0 Å². The zero-order valence-corrected chi connectivity index (χ0v) is 15.3. The fourth-order valence-electron chi connectivity index (χ4n) is 3.32. The molecule has 2 aliphatic heterocycles. The van der Waals surface area contributed by atoms with Crippen LogP contribution < -0.4 is 0 Å². The van der Waals surface area contributed by atoms with Crippen LogP contribution in [0, 0.1) is 11.8 Å². The molecule has 20 heavy (non-hydrogen) atoms. The molecule has 0 spiro atoms. The van der Waals surface area contributed by atoms with Crippen LogP contribution in [0.2, 0.25) is 0 Å². The molecule has 0 aromatic rings. The van der Waals surface area contributed by atoms with Gasteiger partial charge in [0.05, 0.1) is 10.7 Å². The summed E-state index contributed by atoms with van der Waals surface area (Å²) in [5.41, 5.74) is 0. The second-order valence-corrected chi connectivity index (χ2v) is 7.61. The Kier molecular flexibility index (Phi) is 7.56. The van der Waals surface area contributed by atoms with Gasteiger partial charge >= 0.3 is 0 Å². The summed E-state index contributed by atoms with van der Waals surface area (Å²) in [4.78, 5) is 5.07. The van der Waals surface area contributed by atoms with Crippen molar-refractivity contribution in [1.82, 2.24) is 9.80 Å². The predicted molar refractivity (Wildman–Crippen MR) is 93.4 cm³/mol. The van der Waals surface area contributed by atoms with Crippen molar-refractivity contribution in [2.45, 2.75) is 45.6 Å². The molecule has 0 bridgehead atoms. The second kappa shape index (κ2) is 8.91. The Morgan fingerprint density at radius 2 is 1.85 bits per heavy atom. The molecule has 4 heteroatoms. The quantitative estimate of drug-likeness (QED) is 0.272.